The van der Waals surface area contributed by atoms with Gasteiger partial charge in [0, 0.05) is 0 Å². The highest BCUT2D eigenvalue weighted by atomic mass is 19.4. The first-order valence-electron chi connectivity index (χ1n) is 13.0. The molecule has 15 heteroatoms. The van der Waals surface area contributed by atoms with E-state index >= 15 is 0 Å². The summed E-state index contributed by atoms with van der Waals surface area (Å²) in [6.45, 7) is 0.921. The molecule has 0 radical (unpaired) electrons. The number of unbranched alkanes of at least 4 members (excludes halogenated alkanes) is 4. The normalized spacial score (nSPS) is 13.3. The predicted molar refractivity (Wildman–Crippen MR) is 132 cm³/mol. The lowest BCUT2D eigenvalue weighted by molar-refractivity contribution is -0.413. The van der Waals surface area contributed by atoms with Gasteiger partial charge in [0.15, 0.2) is 0 Å². The van der Waals surface area contributed by atoms with Crippen molar-refractivity contribution in [1.29, 1.82) is 0 Å². The van der Waals surface area contributed by atoms with Crippen molar-refractivity contribution in [2.24, 2.45) is 0 Å². The van der Waals surface area contributed by atoms with Crippen molar-refractivity contribution < 1.29 is 67.0 Å². The number of hydrogen-bond donors (Lipinski definition) is 0. The van der Waals surface area contributed by atoms with Crippen LogP contribution in [0, 0.1) is 0 Å². The third kappa shape index (κ3) is 7.88. The maximum atomic E-state index is 13.9. The molecule has 0 spiro atoms. The number of hydrogen-bond acceptors (Lipinski definition) is 3. The van der Waals surface area contributed by atoms with Crippen LogP contribution in [0.3, 0.4) is 0 Å². The minimum Gasteiger partial charge on any atom is -0.494 e. The molecule has 0 N–H and O–H groups in total. The molecule has 0 aliphatic carbocycles. The number of carbonyl (C=O) groups excluding carboxylic acids is 1. The molecule has 0 heterocycles. The van der Waals surface area contributed by atoms with Gasteiger partial charge in [0.1, 0.15) is 5.75 Å². The van der Waals surface area contributed by atoms with E-state index in [0.717, 1.165) is 44.2 Å². The minimum absolute atomic E-state index is 0.296. The fourth-order valence-electron chi connectivity index (χ4n) is 3.72. The van der Waals surface area contributed by atoms with Crippen LogP contribution in [0.25, 0.3) is 11.1 Å². The van der Waals surface area contributed by atoms with Crippen LogP contribution in [0.2, 0.25) is 0 Å². The largest absolute Gasteiger partial charge is 0.494 e. The summed E-state index contributed by atoms with van der Waals surface area (Å²) in [6, 6.07) is 12.0. The maximum absolute atomic E-state index is 13.9. The Hall–Kier alpha value is -3.13. The molecule has 0 amide bonds. The zero-order valence-electron chi connectivity index (χ0n) is 22.6. The summed E-state index contributed by atoms with van der Waals surface area (Å²) in [5, 5.41) is 0. The quantitative estimate of drug-likeness (QED) is 0.0982. The second-order valence-corrected chi connectivity index (χ2v) is 9.60. The van der Waals surface area contributed by atoms with Gasteiger partial charge >= 0.3 is 42.0 Å². The van der Waals surface area contributed by atoms with Gasteiger partial charge in [0.05, 0.1) is 25.2 Å². The first-order valence-corrected chi connectivity index (χ1v) is 13.0. The van der Waals surface area contributed by atoms with Crippen LogP contribution in [-0.2, 0) is 4.74 Å². The summed E-state index contributed by atoms with van der Waals surface area (Å²) in [5.74, 6) is -36.5. The monoisotopic (exact) mass is 640 g/mol. The van der Waals surface area contributed by atoms with Crippen molar-refractivity contribution in [2.75, 3.05) is 13.2 Å². The average molecular weight is 641 g/mol. The number of carbonyl (C=O) groups is 1. The lowest BCUT2D eigenvalue weighted by Gasteiger charge is -2.39. The molecule has 242 valence electrons. The molecule has 0 saturated carbocycles. The fraction of sp³-hybridized carbons (Fsp3) is 0.536. The SMILES string of the molecule is CCCCCCCOc1ccc(-c2ccc(C(=O)OCCC(F)(F)C(F)(F)C(F)(F)C(F)(F)C(F)(F)C(F)F)cc2)cc1. The lowest BCUT2D eigenvalue weighted by atomic mass is 9.93. The van der Waals surface area contributed by atoms with Crippen molar-refractivity contribution in [1.82, 2.24) is 0 Å². The molecular formula is C28H28F12O3. The van der Waals surface area contributed by atoms with Gasteiger partial charge in [0.25, 0.3) is 0 Å². The second-order valence-electron chi connectivity index (χ2n) is 9.60. The highest BCUT2D eigenvalue weighted by Crippen LogP contribution is 2.58. The van der Waals surface area contributed by atoms with E-state index < -0.39 is 55.0 Å². The van der Waals surface area contributed by atoms with Crippen molar-refractivity contribution in [3.05, 3.63) is 54.1 Å². The van der Waals surface area contributed by atoms with Crippen LogP contribution >= 0.6 is 0 Å². The van der Waals surface area contributed by atoms with Gasteiger partial charge in [-0.3, -0.25) is 0 Å². The van der Waals surface area contributed by atoms with Gasteiger partial charge in [-0.2, -0.15) is 43.9 Å². The molecule has 0 atom stereocenters. The Morgan fingerprint density at radius 2 is 1.19 bits per heavy atom. The summed E-state index contributed by atoms with van der Waals surface area (Å²) >= 11 is 0. The van der Waals surface area contributed by atoms with Gasteiger partial charge in [-0.15, -0.1) is 0 Å². The molecule has 0 unspecified atom stereocenters. The van der Waals surface area contributed by atoms with Crippen molar-refractivity contribution in [2.45, 2.75) is 81.5 Å². The minimum atomic E-state index is -7.62. The summed E-state index contributed by atoms with van der Waals surface area (Å²) in [4.78, 5) is 12.1. The van der Waals surface area contributed by atoms with Crippen molar-refractivity contribution in [3.8, 4) is 16.9 Å². The number of halogens is 12. The number of benzene rings is 2. The van der Waals surface area contributed by atoms with E-state index in [9.17, 15) is 57.5 Å². The molecule has 2 rings (SSSR count). The van der Waals surface area contributed by atoms with E-state index in [-0.39, 0.29) is 5.56 Å². The highest BCUT2D eigenvalue weighted by molar-refractivity contribution is 5.90. The van der Waals surface area contributed by atoms with Gasteiger partial charge in [0.2, 0.25) is 0 Å². The van der Waals surface area contributed by atoms with Gasteiger partial charge in [-0.05, 0) is 41.8 Å². The summed E-state index contributed by atoms with van der Waals surface area (Å²) < 4.78 is 169. The van der Waals surface area contributed by atoms with Gasteiger partial charge in [-0.1, -0.05) is 56.9 Å². The van der Waals surface area contributed by atoms with Crippen molar-refractivity contribution in [3.63, 3.8) is 0 Å². The van der Waals surface area contributed by atoms with Crippen LogP contribution in [0.5, 0.6) is 5.75 Å². The zero-order chi connectivity index (χ0) is 32.7. The van der Waals surface area contributed by atoms with E-state index in [1.165, 1.54) is 12.1 Å². The first kappa shape index (κ1) is 36.1. The maximum Gasteiger partial charge on any atom is 0.384 e. The Labute approximate surface area is 239 Å². The van der Waals surface area contributed by atoms with Crippen LogP contribution in [0.4, 0.5) is 52.7 Å². The molecule has 3 nitrogen and oxygen atoms in total. The Bertz CT molecular complexity index is 1170. The predicted octanol–water partition coefficient (Wildman–Crippen LogP) is 9.69. The zero-order valence-corrected chi connectivity index (χ0v) is 22.6. The van der Waals surface area contributed by atoms with E-state index in [4.69, 9.17) is 4.74 Å². The molecule has 0 saturated heterocycles. The summed E-state index contributed by atoms with van der Waals surface area (Å²) in [6.07, 6.45) is -2.73. The summed E-state index contributed by atoms with van der Waals surface area (Å²) in [7, 11) is 0. The van der Waals surface area contributed by atoms with E-state index in [2.05, 4.69) is 11.7 Å². The molecule has 2 aromatic carbocycles. The topological polar surface area (TPSA) is 35.5 Å². The molecule has 2 aromatic rings. The number of rotatable bonds is 17. The molecular weight excluding hydrogens is 612 g/mol. The fourth-order valence-corrected chi connectivity index (χ4v) is 3.72. The van der Waals surface area contributed by atoms with Crippen LogP contribution in [-0.4, -0.2) is 55.2 Å². The Morgan fingerprint density at radius 1 is 0.674 bits per heavy atom. The third-order valence-electron chi connectivity index (χ3n) is 6.41. The van der Waals surface area contributed by atoms with Crippen molar-refractivity contribution >= 4 is 5.97 Å². The molecule has 0 aromatic heterocycles. The molecule has 0 aliphatic heterocycles. The standard InChI is InChI=1S/C28H28F12O3/c1-2-3-4-5-6-16-42-21-13-11-19(12-14-21)18-7-9-20(10-8-18)22(41)43-17-15-24(31,32)26(35,36)28(39,40)27(37,38)25(33,34)23(29)30/h7-14,23H,2-6,15-17H2,1H3. The number of esters is 1. The molecule has 0 aliphatic rings. The molecule has 0 fully saturated rings. The van der Waals surface area contributed by atoms with Crippen LogP contribution in [0.15, 0.2) is 48.5 Å². The summed E-state index contributed by atoms with van der Waals surface area (Å²) in [5.41, 5.74) is 0.972. The second kappa shape index (κ2) is 14.1. The first-order chi connectivity index (χ1) is 19.8. The van der Waals surface area contributed by atoms with Crippen LogP contribution in [0.1, 0.15) is 55.8 Å². The highest BCUT2D eigenvalue weighted by Gasteiger charge is 2.87. The van der Waals surface area contributed by atoms with Gasteiger partial charge < -0.3 is 9.47 Å². The Balaban J connectivity index is 1.98. The van der Waals surface area contributed by atoms with Crippen LogP contribution < -0.4 is 4.74 Å². The van der Waals surface area contributed by atoms with E-state index in [1.807, 2.05) is 0 Å². The molecule has 43 heavy (non-hydrogen) atoms. The van der Waals surface area contributed by atoms with E-state index in [0.29, 0.717) is 23.5 Å². The number of alkyl halides is 12. The molecule has 0 bridgehead atoms. The van der Waals surface area contributed by atoms with Gasteiger partial charge in [-0.25, -0.2) is 13.6 Å². The average Bonchev–Trinajstić information content (AvgIpc) is 2.94. The third-order valence-corrected chi connectivity index (χ3v) is 6.41. The Kier molecular flexibility index (Phi) is 11.8. The lowest BCUT2D eigenvalue weighted by Crippen LogP contribution is -2.68. The van der Waals surface area contributed by atoms with E-state index in [1.54, 1.807) is 24.3 Å². The smallest absolute Gasteiger partial charge is 0.384 e. The Morgan fingerprint density at radius 3 is 1.70 bits per heavy atom. The number of ether oxygens (including phenoxy) is 2.